The molecule has 0 radical (unpaired) electrons. The first-order chi connectivity index (χ1) is 9.97. The van der Waals surface area contributed by atoms with E-state index in [4.69, 9.17) is 9.84 Å². The Hall–Kier alpha value is -2.04. The number of methoxy groups -OCH3 is 1. The number of benzene rings is 1. The molecule has 0 aliphatic rings. The molecule has 1 atom stereocenters. The number of ether oxygens (including phenoxy) is 1. The summed E-state index contributed by atoms with van der Waals surface area (Å²) in [7, 11) is 1.59. The van der Waals surface area contributed by atoms with Gasteiger partial charge in [-0.3, -0.25) is 9.59 Å². The zero-order valence-corrected chi connectivity index (χ0v) is 12.8. The van der Waals surface area contributed by atoms with Gasteiger partial charge in [0.2, 0.25) is 5.91 Å². The zero-order chi connectivity index (χ0) is 15.8. The predicted octanol–water partition coefficient (Wildman–Crippen LogP) is 2.20. The average Bonchev–Trinajstić information content (AvgIpc) is 2.47. The zero-order valence-electron chi connectivity index (χ0n) is 12.8. The number of carboxylic acids is 1. The minimum atomic E-state index is -0.881. The molecule has 21 heavy (non-hydrogen) atoms. The van der Waals surface area contributed by atoms with Crippen molar-refractivity contribution in [3.8, 4) is 5.75 Å². The van der Waals surface area contributed by atoms with Crippen LogP contribution in [-0.2, 0) is 16.0 Å². The highest BCUT2D eigenvalue weighted by Gasteiger charge is 2.20. The molecule has 1 aromatic carbocycles. The number of carbonyl (C=O) groups excluding carboxylic acids is 1. The van der Waals surface area contributed by atoms with Gasteiger partial charge in [-0.2, -0.15) is 0 Å². The standard InChI is InChI=1S/C16H23NO4/c1-4-9-17(11-12(2)16(19)20)15(18)10-13-5-7-14(21-3)8-6-13/h5-8,12H,4,9-11H2,1-3H3,(H,19,20). The second-order valence-electron chi connectivity index (χ2n) is 5.10. The number of nitrogens with zero attached hydrogens (tertiary/aromatic N) is 1. The van der Waals surface area contributed by atoms with Crippen LogP contribution in [0.25, 0.3) is 0 Å². The lowest BCUT2D eigenvalue weighted by Gasteiger charge is -2.24. The van der Waals surface area contributed by atoms with Crippen LogP contribution in [0.3, 0.4) is 0 Å². The van der Waals surface area contributed by atoms with Crippen molar-refractivity contribution in [3.05, 3.63) is 29.8 Å². The van der Waals surface area contributed by atoms with Crippen LogP contribution in [0.5, 0.6) is 5.75 Å². The van der Waals surface area contributed by atoms with Crippen molar-refractivity contribution in [3.63, 3.8) is 0 Å². The van der Waals surface area contributed by atoms with Gasteiger partial charge >= 0.3 is 5.97 Å². The molecule has 1 unspecified atom stereocenters. The van der Waals surface area contributed by atoms with Crippen LogP contribution in [0, 0.1) is 5.92 Å². The second-order valence-corrected chi connectivity index (χ2v) is 5.10. The maximum atomic E-state index is 12.3. The third-order valence-corrected chi connectivity index (χ3v) is 3.28. The monoisotopic (exact) mass is 293 g/mol. The van der Waals surface area contributed by atoms with E-state index in [1.54, 1.807) is 18.9 Å². The van der Waals surface area contributed by atoms with E-state index in [-0.39, 0.29) is 18.9 Å². The van der Waals surface area contributed by atoms with E-state index in [0.29, 0.717) is 6.54 Å². The topological polar surface area (TPSA) is 66.8 Å². The fraction of sp³-hybridized carbons (Fsp3) is 0.500. The number of hydrogen-bond acceptors (Lipinski definition) is 3. The quantitative estimate of drug-likeness (QED) is 0.798. The fourth-order valence-electron chi connectivity index (χ4n) is 2.03. The van der Waals surface area contributed by atoms with Gasteiger partial charge in [-0.1, -0.05) is 26.0 Å². The van der Waals surface area contributed by atoms with Crippen LogP contribution in [0.1, 0.15) is 25.8 Å². The molecular formula is C16H23NO4. The normalized spacial score (nSPS) is 11.8. The highest BCUT2D eigenvalue weighted by molar-refractivity contribution is 5.79. The fourth-order valence-corrected chi connectivity index (χ4v) is 2.03. The molecule has 116 valence electrons. The summed E-state index contributed by atoms with van der Waals surface area (Å²) in [5.41, 5.74) is 0.893. The van der Waals surface area contributed by atoms with Crippen molar-refractivity contribution in [2.45, 2.75) is 26.7 Å². The molecule has 0 aromatic heterocycles. The number of carbonyl (C=O) groups is 2. The first kappa shape index (κ1) is 17.0. The molecule has 5 heteroatoms. The average molecular weight is 293 g/mol. The van der Waals surface area contributed by atoms with Gasteiger partial charge in [0.25, 0.3) is 0 Å². The van der Waals surface area contributed by atoms with E-state index in [0.717, 1.165) is 17.7 Å². The number of amides is 1. The Balaban J connectivity index is 2.68. The molecule has 1 aromatic rings. The Morgan fingerprint density at radius 1 is 1.29 bits per heavy atom. The second kappa shape index (κ2) is 8.29. The van der Waals surface area contributed by atoms with Crippen LogP contribution in [-0.4, -0.2) is 42.1 Å². The lowest BCUT2D eigenvalue weighted by molar-refractivity contribution is -0.143. The largest absolute Gasteiger partial charge is 0.497 e. The highest BCUT2D eigenvalue weighted by atomic mass is 16.5. The first-order valence-corrected chi connectivity index (χ1v) is 7.11. The van der Waals surface area contributed by atoms with Gasteiger partial charge in [0.15, 0.2) is 0 Å². The maximum Gasteiger partial charge on any atom is 0.308 e. The van der Waals surface area contributed by atoms with Gasteiger partial charge in [0.05, 0.1) is 19.4 Å². The molecule has 0 saturated carbocycles. The molecule has 0 bridgehead atoms. The summed E-state index contributed by atoms with van der Waals surface area (Å²) >= 11 is 0. The van der Waals surface area contributed by atoms with Crippen LogP contribution >= 0.6 is 0 Å². The van der Waals surface area contributed by atoms with E-state index in [1.807, 2.05) is 31.2 Å². The third-order valence-electron chi connectivity index (χ3n) is 3.28. The van der Waals surface area contributed by atoms with E-state index in [1.165, 1.54) is 0 Å². The van der Waals surface area contributed by atoms with Crippen molar-refractivity contribution in [1.29, 1.82) is 0 Å². The molecule has 0 fully saturated rings. The lowest BCUT2D eigenvalue weighted by atomic mass is 10.1. The molecule has 0 spiro atoms. The summed E-state index contributed by atoms with van der Waals surface area (Å²) < 4.78 is 5.08. The molecule has 0 heterocycles. The molecule has 0 aliphatic carbocycles. The Bertz CT molecular complexity index is 470. The minimum Gasteiger partial charge on any atom is -0.497 e. The molecule has 1 rings (SSSR count). The number of carboxylic acid groups (broad SMARTS) is 1. The molecule has 1 amide bonds. The summed E-state index contributed by atoms with van der Waals surface area (Å²) in [4.78, 5) is 24.9. The third kappa shape index (κ3) is 5.45. The Labute approximate surface area is 125 Å². The van der Waals surface area contributed by atoms with Crippen molar-refractivity contribution in [1.82, 2.24) is 4.90 Å². The van der Waals surface area contributed by atoms with Gasteiger partial charge in [-0.15, -0.1) is 0 Å². The van der Waals surface area contributed by atoms with Gasteiger partial charge in [0.1, 0.15) is 5.75 Å². The van der Waals surface area contributed by atoms with Gasteiger partial charge in [0, 0.05) is 13.1 Å². The Morgan fingerprint density at radius 3 is 2.38 bits per heavy atom. The molecule has 1 N–H and O–H groups in total. The lowest BCUT2D eigenvalue weighted by Crippen LogP contribution is -2.38. The van der Waals surface area contributed by atoms with Crippen LogP contribution in [0.4, 0.5) is 0 Å². The summed E-state index contributed by atoms with van der Waals surface area (Å²) in [5, 5.41) is 8.98. The molecule has 0 aliphatic heterocycles. The maximum absolute atomic E-state index is 12.3. The smallest absolute Gasteiger partial charge is 0.308 e. The molecule has 0 saturated heterocycles. The van der Waals surface area contributed by atoms with Crippen LogP contribution in [0.2, 0.25) is 0 Å². The summed E-state index contributed by atoms with van der Waals surface area (Å²) in [6.07, 6.45) is 1.08. The van der Waals surface area contributed by atoms with Crippen molar-refractivity contribution >= 4 is 11.9 Å². The van der Waals surface area contributed by atoms with Crippen LogP contribution < -0.4 is 4.74 Å². The summed E-state index contributed by atoms with van der Waals surface area (Å²) in [6.45, 7) is 4.41. The van der Waals surface area contributed by atoms with Crippen molar-refractivity contribution < 1.29 is 19.4 Å². The number of rotatable bonds is 8. The number of aliphatic carboxylic acids is 1. The van der Waals surface area contributed by atoms with E-state index in [2.05, 4.69) is 0 Å². The SMILES string of the molecule is CCCN(CC(C)C(=O)O)C(=O)Cc1ccc(OC)cc1. The molecular weight excluding hydrogens is 270 g/mol. The van der Waals surface area contributed by atoms with Crippen molar-refractivity contribution in [2.24, 2.45) is 5.92 Å². The van der Waals surface area contributed by atoms with Gasteiger partial charge in [-0.25, -0.2) is 0 Å². The predicted molar refractivity (Wildman–Crippen MR) is 80.4 cm³/mol. The Kier molecular flexibility index (Phi) is 6.72. The van der Waals surface area contributed by atoms with Crippen LogP contribution in [0.15, 0.2) is 24.3 Å². The summed E-state index contributed by atoms with van der Waals surface area (Å²) in [6, 6.07) is 7.32. The van der Waals surface area contributed by atoms with Crippen molar-refractivity contribution in [2.75, 3.05) is 20.2 Å². The number of hydrogen-bond donors (Lipinski definition) is 1. The molecule has 5 nitrogen and oxygen atoms in total. The van der Waals surface area contributed by atoms with E-state index >= 15 is 0 Å². The van der Waals surface area contributed by atoms with E-state index < -0.39 is 11.9 Å². The van der Waals surface area contributed by atoms with Gasteiger partial charge in [-0.05, 0) is 24.1 Å². The minimum absolute atomic E-state index is 0.0462. The van der Waals surface area contributed by atoms with Gasteiger partial charge < -0.3 is 14.7 Å². The highest BCUT2D eigenvalue weighted by Crippen LogP contribution is 2.13. The summed E-state index contributed by atoms with van der Waals surface area (Å²) in [5.74, 6) is -0.740. The van der Waals surface area contributed by atoms with E-state index in [9.17, 15) is 9.59 Å². The first-order valence-electron chi connectivity index (χ1n) is 7.11. The Morgan fingerprint density at radius 2 is 1.90 bits per heavy atom.